The lowest BCUT2D eigenvalue weighted by Gasteiger charge is -2.13. The smallest absolute Gasteiger partial charge is 0.414 e. The van der Waals surface area contributed by atoms with E-state index in [4.69, 9.17) is 24.5 Å². The molecule has 0 radical (unpaired) electrons. The number of carbonyl (C=O) groups excluding carboxylic acids is 1. The number of carbonyl (C=O) groups is 3. The largest absolute Gasteiger partial charge is 0.491 e. The van der Waals surface area contributed by atoms with Crippen molar-refractivity contribution >= 4 is 17.8 Å². The standard InChI is InChI=1S/C14H22N2O4.C2H2O4/c1-19-11-14(18)16-8-7-15-9-12(17)10-20-13-5-3-2-4-6-13;3-1(4)2(5)6/h2-6,12,15,17H,7-11H2,1H3,(H,16,18);(H,3,4)(H,5,6). The van der Waals surface area contributed by atoms with Gasteiger partial charge in [-0.15, -0.1) is 0 Å². The lowest BCUT2D eigenvalue weighted by atomic mass is 10.3. The number of nitrogens with one attached hydrogen (secondary N) is 2. The summed E-state index contributed by atoms with van der Waals surface area (Å²) in [5, 5.41) is 30.2. The summed E-state index contributed by atoms with van der Waals surface area (Å²) in [5.41, 5.74) is 0. The van der Waals surface area contributed by atoms with Crippen molar-refractivity contribution < 1.29 is 39.2 Å². The number of ether oxygens (including phenoxy) is 2. The lowest BCUT2D eigenvalue weighted by Crippen LogP contribution is -2.37. The molecule has 0 aliphatic heterocycles. The predicted molar refractivity (Wildman–Crippen MR) is 91.0 cm³/mol. The summed E-state index contributed by atoms with van der Waals surface area (Å²) >= 11 is 0. The quantitative estimate of drug-likeness (QED) is 0.255. The van der Waals surface area contributed by atoms with Crippen LogP contribution in [0.2, 0.25) is 0 Å². The molecule has 0 heterocycles. The molecule has 0 saturated heterocycles. The van der Waals surface area contributed by atoms with E-state index in [9.17, 15) is 9.90 Å². The zero-order chi connectivity index (χ0) is 19.8. The van der Waals surface area contributed by atoms with Crippen molar-refractivity contribution in [2.24, 2.45) is 0 Å². The van der Waals surface area contributed by atoms with Gasteiger partial charge >= 0.3 is 11.9 Å². The van der Waals surface area contributed by atoms with E-state index >= 15 is 0 Å². The molecule has 0 saturated carbocycles. The van der Waals surface area contributed by atoms with Gasteiger partial charge in [-0.25, -0.2) is 9.59 Å². The van der Waals surface area contributed by atoms with Gasteiger partial charge in [0.25, 0.3) is 0 Å². The second kappa shape index (κ2) is 14.6. The Hall–Kier alpha value is -2.69. The van der Waals surface area contributed by atoms with Crippen LogP contribution in [0, 0.1) is 0 Å². The molecule has 0 aliphatic rings. The topological polar surface area (TPSA) is 154 Å². The highest BCUT2D eigenvalue weighted by Gasteiger charge is 2.05. The highest BCUT2D eigenvalue weighted by Crippen LogP contribution is 2.08. The molecule has 26 heavy (non-hydrogen) atoms. The van der Waals surface area contributed by atoms with Crippen molar-refractivity contribution in [3.63, 3.8) is 0 Å². The molecule has 5 N–H and O–H groups in total. The van der Waals surface area contributed by atoms with Gasteiger partial charge in [-0.3, -0.25) is 4.79 Å². The molecule has 1 atom stereocenters. The van der Waals surface area contributed by atoms with Gasteiger partial charge in [0, 0.05) is 26.7 Å². The van der Waals surface area contributed by atoms with E-state index < -0.39 is 18.0 Å². The van der Waals surface area contributed by atoms with E-state index in [1.54, 1.807) is 0 Å². The van der Waals surface area contributed by atoms with Crippen LogP contribution in [-0.4, -0.2) is 79.2 Å². The van der Waals surface area contributed by atoms with E-state index in [1.165, 1.54) is 7.11 Å². The van der Waals surface area contributed by atoms with Crippen LogP contribution >= 0.6 is 0 Å². The molecule has 0 aliphatic carbocycles. The average molecular weight is 372 g/mol. The fourth-order valence-corrected chi connectivity index (χ4v) is 1.51. The third-order valence-corrected chi connectivity index (χ3v) is 2.65. The van der Waals surface area contributed by atoms with Gasteiger partial charge in [-0.1, -0.05) is 18.2 Å². The maximum absolute atomic E-state index is 11.1. The number of carboxylic acid groups (broad SMARTS) is 2. The molecule has 1 amide bonds. The highest BCUT2D eigenvalue weighted by molar-refractivity contribution is 6.27. The predicted octanol–water partition coefficient (Wildman–Crippen LogP) is -1.07. The summed E-state index contributed by atoms with van der Waals surface area (Å²) < 4.78 is 10.1. The maximum Gasteiger partial charge on any atom is 0.414 e. The third kappa shape index (κ3) is 13.7. The number of methoxy groups -OCH3 is 1. The fourth-order valence-electron chi connectivity index (χ4n) is 1.51. The second-order valence-electron chi connectivity index (χ2n) is 4.88. The molecule has 1 unspecified atom stereocenters. The van der Waals surface area contributed by atoms with Crippen LogP contribution < -0.4 is 15.4 Å². The molecule has 1 aromatic rings. The van der Waals surface area contributed by atoms with Crippen LogP contribution in [0.15, 0.2) is 30.3 Å². The zero-order valence-electron chi connectivity index (χ0n) is 14.4. The SMILES string of the molecule is COCC(=O)NCCNCC(O)COc1ccccc1.O=C(O)C(=O)O. The minimum Gasteiger partial charge on any atom is -0.491 e. The Labute approximate surface area is 150 Å². The number of aliphatic hydroxyl groups is 1. The van der Waals surface area contributed by atoms with Gasteiger partial charge in [0.1, 0.15) is 25.1 Å². The Morgan fingerprint density at radius 3 is 2.23 bits per heavy atom. The van der Waals surface area contributed by atoms with Gasteiger partial charge in [-0.05, 0) is 12.1 Å². The van der Waals surface area contributed by atoms with Gasteiger partial charge in [0.2, 0.25) is 5.91 Å². The molecule has 0 aromatic heterocycles. The Bertz CT molecular complexity index is 526. The number of hydrogen-bond acceptors (Lipinski definition) is 7. The van der Waals surface area contributed by atoms with Gasteiger partial charge in [-0.2, -0.15) is 0 Å². The molecule has 0 spiro atoms. The van der Waals surface area contributed by atoms with Crippen LogP contribution in [-0.2, 0) is 19.1 Å². The van der Waals surface area contributed by atoms with Crippen LogP contribution in [0.3, 0.4) is 0 Å². The van der Waals surface area contributed by atoms with E-state index in [2.05, 4.69) is 15.4 Å². The summed E-state index contributed by atoms with van der Waals surface area (Å²) in [6.07, 6.45) is -0.593. The summed E-state index contributed by atoms with van der Waals surface area (Å²) in [5.74, 6) is -3.06. The average Bonchev–Trinajstić information content (AvgIpc) is 2.61. The third-order valence-electron chi connectivity index (χ3n) is 2.65. The Morgan fingerprint density at radius 2 is 1.69 bits per heavy atom. The minimum absolute atomic E-state index is 0.0630. The molecule has 1 aromatic carbocycles. The number of carboxylic acids is 2. The summed E-state index contributed by atoms with van der Waals surface area (Å²) in [7, 11) is 1.47. The van der Waals surface area contributed by atoms with Crippen molar-refractivity contribution in [2.45, 2.75) is 6.10 Å². The number of aliphatic hydroxyl groups excluding tert-OH is 1. The Balaban J connectivity index is 0.000000896. The van der Waals surface area contributed by atoms with E-state index in [-0.39, 0.29) is 19.1 Å². The first-order valence-corrected chi connectivity index (χ1v) is 7.65. The number of para-hydroxylation sites is 1. The number of benzene rings is 1. The number of rotatable bonds is 10. The summed E-state index contributed by atoms with van der Waals surface area (Å²) in [6.45, 7) is 1.78. The Kier molecular flexibility index (Phi) is 13.1. The first kappa shape index (κ1) is 23.3. The van der Waals surface area contributed by atoms with Crippen LogP contribution in [0.25, 0.3) is 0 Å². The Morgan fingerprint density at radius 1 is 1.08 bits per heavy atom. The molecule has 0 bridgehead atoms. The molecule has 1 rings (SSSR count). The first-order chi connectivity index (χ1) is 12.4. The normalized spacial score (nSPS) is 10.8. The lowest BCUT2D eigenvalue weighted by molar-refractivity contribution is -0.159. The number of amides is 1. The molecular weight excluding hydrogens is 348 g/mol. The zero-order valence-corrected chi connectivity index (χ0v) is 14.4. The van der Waals surface area contributed by atoms with Crippen LogP contribution in [0.4, 0.5) is 0 Å². The van der Waals surface area contributed by atoms with Crippen LogP contribution in [0.1, 0.15) is 0 Å². The van der Waals surface area contributed by atoms with E-state index in [1.807, 2.05) is 30.3 Å². The maximum atomic E-state index is 11.1. The number of aliphatic carboxylic acids is 2. The van der Waals surface area contributed by atoms with Gasteiger partial charge in [0.15, 0.2) is 0 Å². The van der Waals surface area contributed by atoms with E-state index in [0.717, 1.165) is 5.75 Å². The molecule has 10 nitrogen and oxygen atoms in total. The van der Waals surface area contributed by atoms with Crippen molar-refractivity contribution in [2.75, 3.05) is 40.0 Å². The molecule has 146 valence electrons. The molecule has 10 heteroatoms. The molecule has 0 fully saturated rings. The van der Waals surface area contributed by atoms with Crippen molar-refractivity contribution in [1.29, 1.82) is 0 Å². The monoisotopic (exact) mass is 372 g/mol. The van der Waals surface area contributed by atoms with Crippen molar-refractivity contribution in [3.8, 4) is 5.75 Å². The van der Waals surface area contributed by atoms with Crippen molar-refractivity contribution in [1.82, 2.24) is 10.6 Å². The first-order valence-electron chi connectivity index (χ1n) is 7.65. The fraction of sp³-hybridized carbons (Fsp3) is 0.438. The highest BCUT2D eigenvalue weighted by atomic mass is 16.5. The molecular formula is C16H24N2O8. The van der Waals surface area contributed by atoms with Gasteiger partial charge in [0.05, 0.1) is 0 Å². The minimum atomic E-state index is -1.82. The summed E-state index contributed by atoms with van der Waals surface area (Å²) in [6, 6.07) is 9.34. The van der Waals surface area contributed by atoms with Crippen LogP contribution in [0.5, 0.6) is 5.75 Å². The van der Waals surface area contributed by atoms with Crippen molar-refractivity contribution in [3.05, 3.63) is 30.3 Å². The van der Waals surface area contributed by atoms with Gasteiger partial charge < -0.3 is 35.4 Å². The van der Waals surface area contributed by atoms with E-state index in [0.29, 0.717) is 19.6 Å². The second-order valence-corrected chi connectivity index (χ2v) is 4.88. The number of hydrogen-bond donors (Lipinski definition) is 5. The summed E-state index contributed by atoms with van der Waals surface area (Å²) in [4.78, 5) is 29.3.